The van der Waals surface area contributed by atoms with E-state index < -0.39 is 5.97 Å². The zero-order valence-corrected chi connectivity index (χ0v) is 11.4. The van der Waals surface area contributed by atoms with Crippen molar-refractivity contribution in [3.05, 3.63) is 24.0 Å². The average Bonchev–Trinajstić information content (AvgIpc) is 2.35. The molecule has 0 saturated heterocycles. The molecule has 1 aromatic rings. The Labute approximate surface area is 112 Å². The number of hydrogen-bond acceptors (Lipinski definition) is 3. The topological polar surface area (TPSA) is 82.5 Å². The minimum absolute atomic E-state index is 0.0462. The Morgan fingerprint density at radius 3 is 2.68 bits per heavy atom. The number of aromatic carboxylic acids is 1. The van der Waals surface area contributed by atoms with E-state index in [2.05, 4.69) is 10.3 Å². The van der Waals surface area contributed by atoms with E-state index >= 15 is 0 Å². The first-order valence-corrected chi connectivity index (χ1v) is 6.23. The number of amides is 2. The Morgan fingerprint density at radius 2 is 2.16 bits per heavy atom. The van der Waals surface area contributed by atoms with Crippen molar-refractivity contribution < 1.29 is 14.7 Å². The van der Waals surface area contributed by atoms with Gasteiger partial charge < -0.3 is 15.3 Å². The Bertz CT molecular complexity index is 460. The molecule has 1 aromatic heterocycles. The number of carbonyl (C=O) groups excluding carboxylic acids is 1. The second-order valence-corrected chi connectivity index (χ2v) is 4.42. The smallest absolute Gasteiger partial charge is 0.356 e. The monoisotopic (exact) mass is 265 g/mol. The van der Waals surface area contributed by atoms with Crippen LogP contribution in [0.4, 0.5) is 10.5 Å². The van der Waals surface area contributed by atoms with Crippen LogP contribution in [0, 0.1) is 0 Å². The number of carbonyl (C=O) groups is 2. The van der Waals surface area contributed by atoms with E-state index in [0.717, 1.165) is 6.42 Å². The highest BCUT2D eigenvalue weighted by Gasteiger charge is 2.19. The van der Waals surface area contributed by atoms with Gasteiger partial charge in [0.1, 0.15) is 0 Å². The summed E-state index contributed by atoms with van der Waals surface area (Å²) in [5, 5.41) is 11.6. The van der Waals surface area contributed by atoms with Crippen LogP contribution in [-0.4, -0.2) is 39.6 Å². The predicted molar refractivity (Wildman–Crippen MR) is 72.3 cm³/mol. The van der Waals surface area contributed by atoms with Crippen molar-refractivity contribution in [3.8, 4) is 0 Å². The summed E-state index contributed by atoms with van der Waals surface area (Å²) in [5.41, 5.74) is 0.0535. The van der Waals surface area contributed by atoms with Crippen molar-refractivity contribution in [2.24, 2.45) is 0 Å². The molecule has 0 bridgehead atoms. The molecule has 1 rings (SSSR count). The van der Waals surface area contributed by atoms with Gasteiger partial charge in [-0.25, -0.2) is 14.6 Å². The first-order chi connectivity index (χ1) is 8.97. The fourth-order valence-corrected chi connectivity index (χ4v) is 1.70. The van der Waals surface area contributed by atoms with Crippen LogP contribution in [0.15, 0.2) is 18.3 Å². The lowest BCUT2D eigenvalue weighted by Crippen LogP contribution is -2.40. The van der Waals surface area contributed by atoms with E-state index in [1.54, 1.807) is 11.0 Å². The van der Waals surface area contributed by atoms with Crippen molar-refractivity contribution in [3.63, 3.8) is 0 Å². The maximum absolute atomic E-state index is 12.1. The molecule has 0 fully saturated rings. The van der Waals surface area contributed by atoms with Crippen molar-refractivity contribution >= 4 is 17.7 Å². The van der Waals surface area contributed by atoms with Gasteiger partial charge in [-0.15, -0.1) is 0 Å². The van der Waals surface area contributed by atoms with Gasteiger partial charge in [0.15, 0.2) is 5.69 Å². The first kappa shape index (κ1) is 14.9. The number of carboxylic acid groups (broad SMARTS) is 1. The van der Waals surface area contributed by atoms with Gasteiger partial charge in [0.05, 0.1) is 5.69 Å². The molecule has 0 aromatic carbocycles. The molecule has 0 unspecified atom stereocenters. The van der Waals surface area contributed by atoms with Gasteiger partial charge in [-0.05, 0) is 32.4 Å². The average molecular weight is 265 g/mol. The Balaban J connectivity index is 2.89. The Morgan fingerprint density at radius 1 is 1.47 bits per heavy atom. The highest BCUT2D eigenvalue weighted by atomic mass is 16.4. The van der Waals surface area contributed by atoms with Crippen molar-refractivity contribution in [1.29, 1.82) is 0 Å². The summed E-state index contributed by atoms with van der Waals surface area (Å²) < 4.78 is 0. The molecular formula is C13H19N3O3. The van der Waals surface area contributed by atoms with Crippen LogP contribution in [0.2, 0.25) is 0 Å². The molecule has 0 atom stereocenters. The third kappa shape index (κ3) is 3.94. The van der Waals surface area contributed by atoms with Crippen molar-refractivity contribution in [2.45, 2.75) is 33.2 Å². The number of anilines is 1. The van der Waals surface area contributed by atoms with Gasteiger partial charge in [-0.3, -0.25) is 0 Å². The molecule has 0 saturated carbocycles. The van der Waals surface area contributed by atoms with Crippen molar-refractivity contribution in [1.82, 2.24) is 9.88 Å². The number of hydrogen-bond donors (Lipinski definition) is 2. The second kappa shape index (κ2) is 6.72. The molecule has 104 valence electrons. The van der Waals surface area contributed by atoms with Gasteiger partial charge in [0.25, 0.3) is 0 Å². The van der Waals surface area contributed by atoms with Crippen LogP contribution in [-0.2, 0) is 0 Å². The van der Waals surface area contributed by atoms with Gasteiger partial charge in [0, 0.05) is 18.8 Å². The van der Waals surface area contributed by atoms with Gasteiger partial charge in [-0.2, -0.15) is 0 Å². The van der Waals surface area contributed by atoms with Crippen LogP contribution in [0.25, 0.3) is 0 Å². The minimum atomic E-state index is -1.16. The quantitative estimate of drug-likeness (QED) is 0.856. The number of pyridine rings is 1. The summed E-state index contributed by atoms with van der Waals surface area (Å²) >= 11 is 0. The van der Waals surface area contributed by atoms with Gasteiger partial charge >= 0.3 is 12.0 Å². The zero-order valence-electron chi connectivity index (χ0n) is 11.4. The standard InChI is InChI=1S/C13H19N3O3/c1-4-8-16(9(2)3)13(19)15-10-6-5-7-14-11(10)12(17)18/h5-7,9H,4,8H2,1-3H3,(H,15,19)(H,17,18). The maximum Gasteiger partial charge on any atom is 0.356 e. The van der Waals surface area contributed by atoms with E-state index in [1.165, 1.54) is 12.3 Å². The number of urea groups is 1. The molecule has 0 aliphatic carbocycles. The molecular weight excluding hydrogens is 246 g/mol. The van der Waals surface area contributed by atoms with Crippen LogP contribution in [0.3, 0.4) is 0 Å². The number of carboxylic acids is 1. The normalized spacial score (nSPS) is 10.3. The summed E-state index contributed by atoms with van der Waals surface area (Å²) in [4.78, 5) is 28.5. The number of rotatable bonds is 5. The lowest BCUT2D eigenvalue weighted by molar-refractivity contribution is 0.0691. The zero-order chi connectivity index (χ0) is 14.4. The molecule has 0 aliphatic rings. The molecule has 0 spiro atoms. The summed E-state index contributed by atoms with van der Waals surface area (Å²) in [7, 11) is 0. The van der Waals surface area contributed by atoms with E-state index in [1.807, 2.05) is 20.8 Å². The fraction of sp³-hybridized carbons (Fsp3) is 0.462. The van der Waals surface area contributed by atoms with E-state index in [-0.39, 0.29) is 23.5 Å². The SMILES string of the molecule is CCCN(C(=O)Nc1cccnc1C(=O)O)C(C)C. The van der Waals surface area contributed by atoms with Gasteiger partial charge in [0.2, 0.25) is 0 Å². The van der Waals surface area contributed by atoms with E-state index in [4.69, 9.17) is 5.11 Å². The molecule has 6 nitrogen and oxygen atoms in total. The molecule has 2 N–H and O–H groups in total. The minimum Gasteiger partial charge on any atom is -0.476 e. The summed E-state index contributed by atoms with van der Waals surface area (Å²) in [5.74, 6) is -1.16. The summed E-state index contributed by atoms with van der Waals surface area (Å²) in [6, 6.07) is 2.85. The van der Waals surface area contributed by atoms with Crippen LogP contribution < -0.4 is 5.32 Å². The van der Waals surface area contributed by atoms with E-state index in [9.17, 15) is 9.59 Å². The third-order valence-electron chi connectivity index (χ3n) is 2.60. The molecule has 0 aliphatic heterocycles. The summed E-state index contributed by atoms with van der Waals surface area (Å²) in [6.07, 6.45) is 2.22. The maximum atomic E-state index is 12.1. The lowest BCUT2D eigenvalue weighted by atomic mass is 10.3. The Kier molecular flexibility index (Phi) is 5.29. The molecule has 0 radical (unpaired) electrons. The van der Waals surface area contributed by atoms with Crippen LogP contribution >= 0.6 is 0 Å². The van der Waals surface area contributed by atoms with Crippen LogP contribution in [0.5, 0.6) is 0 Å². The number of nitrogens with zero attached hydrogens (tertiary/aromatic N) is 2. The Hall–Kier alpha value is -2.11. The largest absolute Gasteiger partial charge is 0.476 e. The van der Waals surface area contributed by atoms with Crippen molar-refractivity contribution in [2.75, 3.05) is 11.9 Å². The summed E-state index contributed by atoms with van der Waals surface area (Å²) in [6.45, 7) is 6.43. The highest BCUT2D eigenvalue weighted by molar-refractivity contribution is 5.98. The molecule has 19 heavy (non-hydrogen) atoms. The number of nitrogens with one attached hydrogen (secondary N) is 1. The molecule has 1 heterocycles. The van der Waals surface area contributed by atoms with Gasteiger partial charge in [-0.1, -0.05) is 6.92 Å². The molecule has 6 heteroatoms. The van der Waals surface area contributed by atoms with Crippen LogP contribution in [0.1, 0.15) is 37.7 Å². The predicted octanol–water partition coefficient (Wildman–Crippen LogP) is 2.43. The third-order valence-corrected chi connectivity index (χ3v) is 2.60. The lowest BCUT2D eigenvalue weighted by Gasteiger charge is -2.26. The fourth-order valence-electron chi connectivity index (χ4n) is 1.70. The highest BCUT2D eigenvalue weighted by Crippen LogP contribution is 2.13. The second-order valence-electron chi connectivity index (χ2n) is 4.42. The molecule has 2 amide bonds. The number of aromatic nitrogens is 1. The first-order valence-electron chi connectivity index (χ1n) is 6.23. The van der Waals surface area contributed by atoms with E-state index in [0.29, 0.717) is 6.54 Å².